The van der Waals surface area contributed by atoms with Gasteiger partial charge in [0, 0.05) is 43.1 Å². The fourth-order valence-corrected chi connectivity index (χ4v) is 3.98. The Bertz CT molecular complexity index is 1100. The number of nitrogens with one attached hydrogen (secondary N) is 3. The highest BCUT2D eigenvalue weighted by Gasteiger charge is 2.40. The van der Waals surface area contributed by atoms with Gasteiger partial charge >= 0.3 is 6.09 Å². The van der Waals surface area contributed by atoms with E-state index < -0.39 is 24.3 Å². The van der Waals surface area contributed by atoms with Gasteiger partial charge in [0.1, 0.15) is 23.1 Å². The predicted molar refractivity (Wildman–Crippen MR) is 116 cm³/mol. The summed E-state index contributed by atoms with van der Waals surface area (Å²) in [4.78, 5) is 20.6. The molecule has 1 fully saturated rings. The summed E-state index contributed by atoms with van der Waals surface area (Å²) in [6.45, 7) is 3.98. The number of alkyl halides is 1. The molecule has 1 amide bonds. The summed E-state index contributed by atoms with van der Waals surface area (Å²) in [5.74, 6) is 0.408. The number of hydrogen-bond donors (Lipinski definition) is 3. The lowest BCUT2D eigenvalue weighted by atomic mass is 10.0. The third kappa shape index (κ3) is 4.78. The Morgan fingerprint density at radius 2 is 2.19 bits per heavy atom. The van der Waals surface area contributed by atoms with Crippen molar-refractivity contribution in [1.82, 2.24) is 29.9 Å². The van der Waals surface area contributed by atoms with Crippen molar-refractivity contribution in [3.8, 4) is 0 Å². The Morgan fingerprint density at radius 3 is 2.94 bits per heavy atom. The normalized spacial score (nSPS) is 20.8. The van der Waals surface area contributed by atoms with Gasteiger partial charge in [-0.15, -0.1) is 0 Å². The van der Waals surface area contributed by atoms with Crippen LogP contribution in [0, 0.1) is 0 Å². The number of imidazole rings is 1. The summed E-state index contributed by atoms with van der Waals surface area (Å²) in [6, 6.07) is 3.28. The van der Waals surface area contributed by atoms with Gasteiger partial charge in [0.05, 0.1) is 12.3 Å². The summed E-state index contributed by atoms with van der Waals surface area (Å²) in [5, 5.41) is 13.1. The minimum atomic E-state index is -1.33. The average Bonchev–Trinajstić information content (AvgIpc) is 3.41. The maximum absolute atomic E-state index is 15.0. The highest BCUT2D eigenvalue weighted by atomic mass is 35.5. The molecule has 1 aliphatic rings. The number of anilines is 2. The second-order valence-electron chi connectivity index (χ2n) is 8.00. The lowest BCUT2D eigenvalue weighted by molar-refractivity contribution is 0.0555. The fourth-order valence-electron chi connectivity index (χ4n) is 3.80. The number of halogens is 2. The monoisotopic (exact) mass is 465 g/mol. The van der Waals surface area contributed by atoms with Crippen LogP contribution in [-0.4, -0.2) is 56.1 Å². The van der Waals surface area contributed by atoms with Gasteiger partial charge in [-0.05, 0) is 26.7 Å². The molecule has 3 atom stereocenters. The van der Waals surface area contributed by atoms with Crippen molar-refractivity contribution in [3.63, 3.8) is 0 Å². The minimum Gasteiger partial charge on any atom is -0.443 e. The maximum Gasteiger partial charge on any atom is 0.407 e. The Balaban J connectivity index is 1.47. The zero-order chi connectivity index (χ0) is 22.8. The molecule has 3 aromatic heterocycles. The summed E-state index contributed by atoms with van der Waals surface area (Å²) in [5.41, 5.74) is 1.94. The van der Waals surface area contributed by atoms with E-state index in [1.54, 1.807) is 29.8 Å². The van der Waals surface area contributed by atoms with E-state index in [4.69, 9.17) is 21.1 Å². The van der Waals surface area contributed by atoms with Crippen molar-refractivity contribution in [2.45, 2.75) is 57.5 Å². The van der Waals surface area contributed by atoms with Crippen LogP contribution in [0.15, 0.2) is 18.3 Å². The van der Waals surface area contributed by atoms with Crippen LogP contribution < -0.4 is 10.6 Å². The van der Waals surface area contributed by atoms with Crippen LogP contribution in [-0.2, 0) is 16.1 Å². The molecule has 4 rings (SSSR count). The molecule has 12 heteroatoms. The molecule has 0 saturated heterocycles. The Hall–Kier alpha value is -2.92. The van der Waals surface area contributed by atoms with Crippen molar-refractivity contribution < 1.29 is 18.7 Å². The molecule has 172 valence electrons. The number of ether oxygens (including phenoxy) is 2. The Kier molecular flexibility index (Phi) is 6.47. The van der Waals surface area contributed by atoms with Gasteiger partial charge in [-0.2, -0.15) is 5.10 Å². The second-order valence-corrected chi connectivity index (χ2v) is 8.39. The molecule has 1 aliphatic carbocycles. The summed E-state index contributed by atoms with van der Waals surface area (Å²) >= 11 is 6.13. The zero-order valence-corrected chi connectivity index (χ0v) is 18.7. The molecular weight excluding hydrogens is 441 g/mol. The Labute approximate surface area is 188 Å². The van der Waals surface area contributed by atoms with Crippen molar-refractivity contribution in [2.75, 3.05) is 12.4 Å². The first-order chi connectivity index (χ1) is 15.3. The van der Waals surface area contributed by atoms with Crippen LogP contribution >= 0.6 is 11.6 Å². The van der Waals surface area contributed by atoms with Gasteiger partial charge in [0.15, 0.2) is 5.82 Å². The number of rotatable bonds is 7. The standard InChI is InChI=1S/C20H25ClFN7O3/c1-10(2)23-20(30)32-14-5-4-12(18(14)22)13-6-16(28-27-13)26-19-25-15(21)7-17-24-11(9-31-3)8-29(17)19/h6-8,10,12,14,18H,4-5,9H2,1-3H3,(H,23,30)(H2,25,26,27,28)/t12-,14-,18+/m1/s1. The molecule has 0 bridgehead atoms. The largest absolute Gasteiger partial charge is 0.443 e. The molecular formula is C20H25ClFN7O3. The fraction of sp³-hybridized carbons (Fsp3) is 0.500. The van der Waals surface area contributed by atoms with Crippen LogP contribution in [0.4, 0.5) is 21.0 Å². The van der Waals surface area contributed by atoms with Crippen LogP contribution in [0.25, 0.3) is 5.65 Å². The van der Waals surface area contributed by atoms with E-state index in [1.165, 1.54) is 0 Å². The molecule has 0 unspecified atom stereocenters. The van der Waals surface area contributed by atoms with E-state index in [-0.39, 0.29) is 11.2 Å². The number of aromatic nitrogens is 5. The van der Waals surface area contributed by atoms with E-state index in [0.29, 0.717) is 42.6 Å². The van der Waals surface area contributed by atoms with E-state index in [2.05, 4.69) is 30.8 Å². The molecule has 0 aromatic carbocycles. The first-order valence-electron chi connectivity index (χ1n) is 10.3. The highest BCUT2D eigenvalue weighted by Crippen LogP contribution is 2.38. The SMILES string of the molecule is COCc1cn2c(Nc3cc([C@H]4CC[C@@H](OC(=O)NC(C)C)[C@H]4F)[nH]n3)nc(Cl)cc2n1. The van der Waals surface area contributed by atoms with E-state index in [0.717, 1.165) is 5.69 Å². The van der Waals surface area contributed by atoms with Gasteiger partial charge in [-0.3, -0.25) is 9.50 Å². The summed E-state index contributed by atoms with van der Waals surface area (Å²) in [7, 11) is 1.59. The van der Waals surface area contributed by atoms with Crippen LogP contribution in [0.3, 0.4) is 0 Å². The lowest BCUT2D eigenvalue weighted by Crippen LogP contribution is -2.36. The van der Waals surface area contributed by atoms with Crippen LogP contribution in [0.1, 0.15) is 44.0 Å². The van der Waals surface area contributed by atoms with Crippen LogP contribution in [0.2, 0.25) is 5.15 Å². The number of aromatic amines is 1. The van der Waals surface area contributed by atoms with Gasteiger partial charge in [0.25, 0.3) is 0 Å². The van der Waals surface area contributed by atoms with Crippen molar-refractivity contribution >= 4 is 35.1 Å². The van der Waals surface area contributed by atoms with Crippen LogP contribution in [0.5, 0.6) is 0 Å². The number of amides is 1. The predicted octanol–water partition coefficient (Wildman–Crippen LogP) is 3.71. The van der Waals surface area contributed by atoms with Crippen molar-refractivity contribution in [1.29, 1.82) is 0 Å². The van der Waals surface area contributed by atoms with Gasteiger partial charge in [0.2, 0.25) is 5.95 Å². The number of carbonyl (C=O) groups is 1. The number of alkyl carbamates (subject to hydrolysis) is 1. The molecule has 0 spiro atoms. The molecule has 3 N–H and O–H groups in total. The molecule has 0 radical (unpaired) electrons. The lowest BCUT2D eigenvalue weighted by Gasteiger charge is -2.18. The molecule has 32 heavy (non-hydrogen) atoms. The molecule has 10 nitrogen and oxygen atoms in total. The maximum atomic E-state index is 15.0. The summed E-state index contributed by atoms with van der Waals surface area (Å²) in [6.07, 6.45) is 0.0259. The third-order valence-corrected chi connectivity index (χ3v) is 5.36. The number of hydrogen-bond acceptors (Lipinski definition) is 7. The minimum absolute atomic E-state index is 0.0772. The molecule has 3 heterocycles. The van der Waals surface area contributed by atoms with E-state index in [1.807, 2.05) is 13.8 Å². The average molecular weight is 466 g/mol. The van der Waals surface area contributed by atoms with E-state index >= 15 is 0 Å². The number of H-pyrrole nitrogens is 1. The van der Waals surface area contributed by atoms with E-state index in [9.17, 15) is 9.18 Å². The molecule has 3 aromatic rings. The number of carbonyl (C=O) groups excluding carboxylic acids is 1. The molecule has 0 aliphatic heterocycles. The van der Waals surface area contributed by atoms with Crippen molar-refractivity contribution in [2.24, 2.45) is 0 Å². The zero-order valence-electron chi connectivity index (χ0n) is 17.9. The molecule has 1 saturated carbocycles. The smallest absolute Gasteiger partial charge is 0.407 e. The van der Waals surface area contributed by atoms with Gasteiger partial charge in [-0.1, -0.05) is 11.6 Å². The highest BCUT2D eigenvalue weighted by molar-refractivity contribution is 6.29. The number of fused-ring (bicyclic) bond motifs is 1. The van der Waals surface area contributed by atoms with Gasteiger partial charge < -0.3 is 20.1 Å². The van der Waals surface area contributed by atoms with Gasteiger partial charge in [-0.25, -0.2) is 19.2 Å². The third-order valence-electron chi connectivity index (χ3n) is 5.17. The first-order valence-corrected chi connectivity index (χ1v) is 10.7. The Morgan fingerprint density at radius 1 is 1.38 bits per heavy atom. The number of methoxy groups -OCH3 is 1. The topological polar surface area (TPSA) is 118 Å². The first kappa shape index (κ1) is 22.3. The quantitative estimate of drug-likeness (QED) is 0.455. The number of nitrogens with zero attached hydrogens (tertiary/aromatic N) is 4. The van der Waals surface area contributed by atoms with Crippen molar-refractivity contribution in [3.05, 3.63) is 34.9 Å². The second kappa shape index (κ2) is 9.29. The summed E-state index contributed by atoms with van der Waals surface area (Å²) < 4.78 is 27.1.